The first-order valence-corrected chi connectivity index (χ1v) is 9.93. The summed E-state index contributed by atoms with van der Waals surface area (Å²) in [7, 11) is 0. The number of likely N-dealkylation sites (N-methyl/N-ethyl adjacent to an activating group) is 1. The van der Waals surface area contributed by atoms with E-state index in [9.17, 15) is 4.79 Å². The highest BCUT2D eigenvalue weighted by Crippen LogP contribution is 2.30. The smallest absolute Gasteiger partial charge is 0.254 e. The number of carbonyl (C=O) groups excluding carboxylic acids is 1. The number of aryl methyl sites for hydroxylation is 1. The van der Waals surface area contributed by atoms with Gasteiger partial charge < -0.3 is 15.6 Å². The molecule has 1 unspecified atom stereocenters. The quantitative estimate of drug-likeness (QED) is 0.522. The van der Waals surface area contributed by atoms with Crippen molar-refractivity contribution >= 4 is 23.9 Å². The molecule has 9 heteroatoms. The standard InChI is InChI=1S/C21H24N8O/c1-3-22-8-5-14-13(2)28-16(18(14)20-25-6-4-7-26-20)11-17-19(24-10-9-23-17)15-12-27-29-21(15)30/h4,6-7,9-12,15,22-23,28H,3,5,8H2,1-2H3,(H,29,30). The van der Waals surface area contributed by atoms with Crippen LogP contribution in [-0.2, 0) is 11.2 Å². The molecule has 4 N–H and O–H groups in total. The van der Waals surface area contributed by atoms with Crippen LogP contribution < -0.4 is 16.1 Å². The van der Waals surface area contributed by atoms with Crippen LogP contribution in [0.5, 0.6) is 0 Å². The SMILES string of the molecule is CCNCCc1c(C)[nH]c(C=C2NC=CN=C2C2C=NNC2=O)c1-c1ncccn1. The van der Waals surface area contributed by atoms with E-state index in [1.165, 1.54) is 5.56 Å². The number of aromatic nitrogens is 3. The Morgan fingerprint density at radius 3 is 2.83 bits per heavy atom. The van der Waals surface area contributed by atoms with E-state index in [0.717, 1.165) is 42.2 Å². The minimum Gasteiger partial charge on any atom is -0.359 e. The van der Waals surface area contributed by atoms with Gasteiger partial charge in [0.15, 0.2) is 5.82 Å². The lowest BCUT2D eigenvalue weighted by molar-refractivity contribution is -0.120. The number of hydrogen-bond acceptors (Lipinski definition) is 7. The Morgan fingerprint density at radius 1 is 1.27 bits per heavy atom. The Kier molecular flexibility index (Phi) is 5.80. The van der Waals surface area contributed by atoms with Gasteiger partial charge in [-0.25, -0.2) is 15.4 Å². The molecule has 2 aliphatic heterocycles. The molecule has 2 aromatic heterocycles. The van der Waals surface area contributed by atoms with Crippen molar-refractivity contribution in [3.8, 4) is 11.4 Å². The predicted molar refractivity (Wildman–Crippen MR) is 117 cm³/mol. The average molecular weight is 404 g/mol. The number of aliphatic imine (C=N–C) groups is 1. The number of H-pyrrole nitrogens is 1. The Bertz CT molecular complexity index is 1050. The topological polar surface area (TPSA) is 119 Å². The second-order valence-corrected chi connectivity index (χ2v) is 6.96. The maximum atomic E-state index is 12.1. The van der Waals surface area contributed by atoms with Gasteiger partial charge in [-0.15, -0.1) is 0 Å². The lowest BCUT2D eigenvalue weighted by Crippen LogP contribution is -2.32. The maximum absolute atomic E-state index is 12.1. The van der Waals surface area contributed by atoms with E-state index in [1.807, 2.05) is 6.08 Å². The number of amides is 1. The number of rotatable bonds is 7. The summed E-state index contributed by atoms with van der Waals surface area (Å²) >= 11 is 0. The van der Waals surface area contributed by atoms with Gasteiger partial charge in [0.1, 0.15) is 5.92 Å². The Labute approximate surface area is 174 Å². The summed E-state index contributed by atoms with van der Waals surface area (Å²) in [4.78, 5) is 29.0. The van der Waals surface area contributed by atoms with Crippen LogP contribution in [-0.4, -0.2) is 45.9 Å². The van der Waals surface area contributed by atoms with E-state index >= 15 is 0 Å². The van der Waals surface area contributed by atoms with Gasteiger partial charge in [0.25, 0.3) is 5.91 Å². The second-order valence-electron chi connectivity index (χ2n) is 6.96. The molecule has 2 aliphatic rings. The van der Waals surface area contributed by atoms with Gasteiger partial charge in [0.05, 0.1) is 17.1 Å². The maximum Gasteiger partial charge on any atom is 0.254 e. The molecule has 0 fully saturated rings. The van der Waals surface area contributed by atoms with Gasteiger partial charge in [-0.1, -0.05) is 6.92 Å². The molecule has 0 spiro atoms. The first-order chi connectivity index (χ1) is 14.7. The zero-order valence-corrected chi connectivity index (χ0v) is 16.9. The number of carbonyl (C=O) groups is 1. The first-order valence-electron chi connectivity index (χ1n) is 9.93. The number of hydrogen-bond donors (Lipinski definition) is 4. The van der Waals surface area contributed by atoms with Crippen LogP contribution in [0.25, 0.3) is 17.5 Å². The van der Waals surface area contributed by atoms with E-state index in [2.05, 4.69) is 55.0 Å². The molecule has 154 valence electrons. The molecule has 9 nitrogen and oxygen atoms in total. The molecule has 0 saturated heterocycles. The van der Waals surface area contributed by atoms with Crippen molar-refractivity contribution in [2.45, 2.75) is 20.3 Å². The third-order valence-corrected chi connectivity index (χ3v) is 5.00. The van der Waals surface area contributed by atoms with Gasteiger partial charge in [0, 0.05) is 42.3 Å². The molecule has 4 heterocycles. The summed E-state index contributed by atoms with van der Waals surface area (Å²) in [6, 6.07) is 1.80. The molecular weight excluding hydrogens is 380 g/mol. The minimum absolute atomic E-state index is 0.197. The van der Waals surface area contributed by atoms with E-state index in [-0.39, 0.29) is 5.91 Å². The van der Waals surface area contributed by atoms with Gasteiger partial charge in [-0.05, 0) is 44.1 Å². The van der Waals surface area contributed by atoms with E-state index in [0.29, 0.717) is 11.5 Å². The van der Waals surface area contributed by atoms with Crippen LogP contribution >= 0.6 is 0 Å². The summed E-state index contributed by atoms with van der Waals surface area (Å²) in [5, 5.41) is 10.5. The van der Waals surface area contributed by atoms with E-state index < -0.39 is 5.92 Å². The molecule has 1 amide bonds. The largest absolute Gasteiger partial charge is 0.359 e. The summed E-state index contributed by atoms with van der Waals surface area (Å²) in [5.41, 5.74) is 7.85. The normalized spacial score (nSPS) is 19.1. The van der Waals surface area contributed by atoms with Gasteiger partial charge in [0.2, 0.25) is 0 Å². The molecule has 2 aromatic rings. The number of hydrazone groups is 1. The van der Waals surface area contributed by atoms with Crippen molar-refractivity contribution in [3.05, 3.63) is 53.5 Å². The highest BCUT2D eigenvalue weighted by atomic mass is 16.2. The zero-order valence-electron chi connectivity index (χ0n) is 16.9. The van der Waals surface area contributed by atoms with Crippen molar-refractivity contribution in [1.82, 2.24) is 31.0 Å². The molecule has 0 radical (unpaired) electrons. The minimum atomic E-state index is -0.533. The van der Waals surface area contributed by atoms with Gasteiger partial charge >= 0.3 is 0 Å². The fraction of sp³-hybridized carbons (Fsp3) is 0.286. The molecule has 1 atom stereocenters. The average Bonchev–Trinajstić information content (AvgIpc) is 3.32. The van der Waals surface area contributed by atoms with Crippen LogP contribution in [0.15, 0.2) is 46.7 Å². The highest BCUT2D eigenvalue weighted by Gasteiger charge is 2.30. The molecule has 0 aliphatic carbocycles. The molecule has 0 saturated carbocycles. The van der Waals surface area contributed by atoms with Crippen LogP contribution in [0.1, 0.15) is 23.9 Å². The summed E-state index contributed by atoms with van der Waals surface area (Å²) in [5.74, 6) is -0.0722. The Hall–Kier alpha value is -3.59. The van der Waals surface area contributed by atoms with Crippen LogP contribution in [0.3, 0.4) is 0 Å². The number of aromatic amines is 1. The highest BCUT2D eigenvalue weighted by molar-refractivity contribution is 6.24. The lowest BCUT2D eigenvalue weighted by atomic mass is 9.98. The Balaban J connectivity index is 1.77. The molecular formula is C21H24N8O. The predicted octanol–water partition coefficient (Wildman–Crippen LogP) is 1.52. The summed E-state index contributed by atoms with van der Waals surface area (Å²) < 4.78 is 0. The first kappa shape index (κ1) is 19.7. The number of allylic oxidation sites excluding steroid dienone is 1. The summed E-state index contributed by atoms with van der Waals surface area (Å²) in [6.07, 6.45) is 11.2. The van der Waals surface area contributed by atoms with Crippen LogP contribution in [0.2, 0.25) is 0 Å². The zero-order chi connectivity index (χ0) is 20.9. The van der Waals surface area contributed by atoms with E-state index in [1.54, 1.807) is 37.1 Å². The van der Waals surface area contributed by atoms with Gasteiger partial charge in [-0.3, -0.25) is 9.79 Å². The van der Waals surface area contributed by atoms with Crippen molar-refractivity contribution in [2.75, 3.05) is 13.1 Å². The number of nitrogens with zero attached hydrogens (tertiary/aromatic N) is 4. The van der Waals surface area contributed by atoms with Gasteiger partial charge in [-0.2, -0.15) is 5.10 Å². The Morgan fingerprint density at radius 2 is 2.10 bits per heavy atom. The van der Waals surface area contributed by atoms with Crippen LogP contribution in [0, 0.1) is 12.8 Å². The summed E-state index contributed by atoms with van der Waals surface area (Å²) in [6.45, 7) is 5.92. The third-order valence-electron chi connectivity index (χ3n) is 5.00. The fourth-order valence-electron chi connectivity index (χ4n) is 3.59. The second kappa shape index (κ2) is 8.83. The van der Waals surface area contributed by atoms with Crippen LogP contribution in [0.4, 0.5) is 0 Å². The monoisotopic (exact) mass is 404 g/mol. The van der Waals surface area contributed by atoms with Crippen molar-refractivity contribution in [2.24, 2.45) is 16.0 Å². The van der Waals surface area contributed by atoms with Crippen molar-refractivity contribution in [1.29, 1.82) is 0 Å². The number of nitrogens with one attached hydrogen (secondary N) is 4. The molecule has 4 rings (SSSR count). The van der Waals surface area contributed by atoms with E-state index in [4.69, 9.17) is 0 Å². The third kappa shape index (κ3) is 3.92. The molecule has 0 aromatic carbocycles. The fourth-order valence-corrected chi connectivity index (χ4v) is 3.59. The molecule has 30 heavy (non-hydrogen) atoms. The van der Waals surface area contributed by atoms with Crippen molar-refractivity contribution in [3.63, 3.8) is 0 Å². The molecule has 0 bridgehead atoms. The van der Waals surface area contributed by atoms with Crippen molar-refractivity contribution < 1.29 is 4.79 Å². The lowest BCUT2D eigenvalue weighted by Gasteiger charge is -2.16.